The fourth-order valence-electron chi connectivity index (χ4n) is 1.85. The first-order chi connectivity index (χ1) is 9.04. The van der Waals surface area contributed by atoms with Crippen LogP contribution in [0.5, 0.6) is 5.75 Å². The molecule has 0 aromatic heterocycles. The first-order valence-electron chi connectivity index (χ1n) is 5.57. The van der Waals surface area contributed by atoms with Gasteiger partial charge in [-0.3, -0.25) is 0 Å². The third-order valence-electron chi connectivity index (χ3n) is 2.84. The van der Waals surface area contributed by atoms with Crippen LogP contribution in [-0.2, 0) is 0 Å². The van der Waals surface area contributed by atoms with E-state index in [4.69, 9.17) is 33.7 Å². The summed E-state index contributed by atoms with van der Waals surface area (Å²) in [6.07, 6.45) is 0. The summed E-state index contributed by atoms with van der Waals surface area (Å²) in [6, 6.07) is 9.02. The van der Waals surface area contributed by atoms with Crippen molar-refractivity contribution in [3.8, 4) is 5.75 Å². The summed E-state index contributed by atoms with van der Waals surface area (Å²) in [6.45, 7) is 0. The third kappa shape index (κ3) is 2.84. The van der Waals surface area contributed by atoms with Crippen molar-refractivity contribution in [2.75, 3.05) is 7.11 Å². The highest BCUT2D eigenvalue weighted by Crippen LogP contribution is 2.32. The van der Waals surface area contributed by atoms with Gasteiger partial charge in [0.15, 0.2) is 11.6 Å². The van der Waals surface area contributed by atoms with E-state index in [0.717, 1.165) is 0 Å². The molecule has 100 valence electrons. The van der Waals surface area contributed by atoms with Crippen molar-refractivity contribution in [3.05, 3.63) is 63.4 Å². The Bertz CT molecular complexity index is 604. The second-order valence-corrected chi connectivity index (χ2v) is 4.85. The van der Waals surface area contributed by atoms with Crippen molar-refractivity contribution in [1.29, 1.82) is 0 Å². The maximum Gasteiger partial charge on any atom is 0.170 e. The van der Waals surface area contributed by atoms with Crippen molar-refractivity contribution in [2.24, 2.45) is 5.73 Å². The van der Waals surface area contributed by atoms with Gasteiger partial charge >= 0.3 is 0 Å². The summed E-state index contributed by atoms with van der Waals surface area (Å²) < 4.78 is 19.1. The molecule has 0 amide bonds. The highest BCUT2D eigenvalue weighted by Gasteiger charge is 2.19. The second kappa shape index (κ2) is 5.78. The monoisotopic (exact) mass is 299 g/mol. The van der Waals surface area contributed by atoms with E-state index in [1.54, 1.807) is 30.3 Å². The number of nitrogens with two attached hydrogens (primary N) is 1. The molecule has 0 saturated heterocycles. The Morgan fingerprint density at radius 1 is 1.16 bits per heavy atom. The van der Waals surface area contributed by atoms with Crippen molar-refractivity contribution in [1.82, 2.24) is 0 Å². The molecule has 1 unspecified atom stereocenters. The second-order valence-electron chi connectivity index (χ2n) is 4.01. The Morgan fingerprint density at radius 2 is 1.89 bits per heavy atom. The molecule has 0 aliphatic carbocycles. The van der Waals surface area contributed by atoms with Gasteiger partial charge in [-0.2, -0.15) is 0 Å². The predicted octanol–water partition coefficient (Wildman–Crippen LogP) is 4.19. The lowest BCUT2D eigenvalue weighted by molar-refractivity contribution is 0.383. The van der Waals surface area contributed by atoms with Crippen molar-refractivity contribution < 1.29 is 9.13 Å². The van der Waals surface area contributed by atoms with Crippen LogP contribution in [-0.4, -0.2) is 7.11 Å². The minimum Gasteiger partial charge on any atom is -0.494 e. The van der Waals surface area contributed by atoms with Crippen LogP contribution in [0.3, 0.4) is 0 Å². The van der Waals surface area contributed by atoms with Crippen LogP contribution in [0.15, 0.2) is 36.4 Å². The smallest absolute Gasteiger partial charge is 0.170 e. The summed E-state index contributed by atoms with van der Waals surface area (Å²) in [5, 5.41) is 0.942. The molecule has 0 bridgehead atoms. The third-order valence-corrected chi connectivity index (χ3v) is 3.42. The molecular formula is C14H12Cl2FNO. The normalized spacial score (nSPS) is 12.3. The summed E-state index contributed by atoms with van der Waals surface area (Å²) >= 11 is 12.0. The zero-order chi connectivity index (χ0) is 14.0. The minimum atomic E-state index is -0.707. The fraction of sp³-hybridized carbons (Fsp3) is 0.143. The number of hydrogen-bond acceptors (Lipinski definition) is 2. The van der Waals surface area contributed by atoms with Crippen LogP contribution < -0.4 is 10.5 Å². The Morgan fingerprint density at radius 3 is 2.58 bits per heavy atom. The summed E-state index contributed by atoms with van der Waals surface area (Å²) in [7, 11) is 1.40. The standard InChI is InChI=1S/C14H12Cl2FNO/c1-19-12-4-2-3-9(13(12)17)14(18)10-7-8(15)5-6-11(10)16/h2-7,14H,18H2,1H3. The fourth-order valence-corrected chi connectivity index (χ4v) is 2.26. The Kier molecular flexibility index (Phi) is 4.30. The molecule has 2 rings (SSSR count). The lowest BCUT2D eigenvalue weighted by atomic mass is 9.99. The number of ether oxygens (including phenoxy) is 1. The van der Waals surface area contributed by atoms with Gasteiger partial charge in [0, 0.05) is 15.6 Å². The van der Waals surface area contributed by atoms with Crippen molar-refractivity contribution in [2.45, 2.75) is 6.04 Å². The van der Waals surface area contributed by atoms with Gasteiger partial charge in [-0.1, -0.05) is 35.3 Å². The lowest BCUT2D eigenvalue weighted by Gasteiger charge is -2.16. The average Bonchev–Trinajstić information content (AvgIpc) is 2.41. The molecule has 0 fully saturated rings. The van der Waals surface area contributed by atoms with Gasteiger partial charge in [-0.25, -0.2) is 4.39 Å². The van der Waals surface area contributed by atoms with Gasteiger partial charge in [-0.05, 0) is 29.8 Å². The van der Waals surface area contributed by atoms with E-state index in [1.165, 1.54) is 13.2 Å². The van der Waals surface area contributed by atoms with E-state index in [2.05, 4.69) is 0 Å². The maximum atomic E-state index is 14.2. The first kappa shape index (κ1) is 14.1. The Labute approximate surface area is 120 Å². The molecule has 0 heterocycles. The maximum absolute atomic E-state index is 14.2. The van der Waals surface area contributed by atoms with Crippen LogP contribution in [0.2, 0.25) is 10.0 Å². The van der Waals surface area contributed by atoms with Crippen LogP contribution in [0.25, 0.3) is 0 Å². The number of hydrogen-bond donors (Lipinski definition) is 1. The molecule has 0 radical (unpaired) electrons. The van der Waals surface area contributed by atoms with Gasteiger partial charge in [0.25, 0.3) is 0 Å². The zero-order valence-electron chi connectivity index (χ0n) is 10.2. The first-order valence-corrected chi connectivity index (χ1v) is 6.33. The van der Waals surface area contributed by atoms with E-state index < -0.39 is 11.9 Å². The SMILES string of the molecule is COc1cccc(C(N)c2cc(Cl)ccc2Cl)c1F. The number of halogens is 3. The molecule has 19 heavy (non-hydrogen) atoms. The van der Waals surface area contributed by atoms with Crippen LogP contribution in [0.4, 0.5) is 4.39 Å². The number of rotatable bonds is 3. The van der Waals surface area contributed by atoms with Gasteiger partial charge in [-0.15, -0.1) is 0 Å². The molecular weight excluding hydrogens is 288 g/mol. The van der Waals surface area contributed by atoms with Gasteiger partial charge < -0.3 is 10.5 Å². The highest BCUT2D eigenvalue weighted by atomic mass is 35.5. The summed E-state index contributed by atoms with van der Waals surface area (Å²) in [5.41, 5.74) is 6.95. The highest BCUT2D eigenvalue weighted by molar-refractivity contribution is 6.33. The van der Waals surface area contributed by atoms with E-state index in [9.17, 15) is 4.39 Å². The molecule has 2 aromatic carbocycles. The molecule has 2 N–H and O–H groups in total. The predicted molar refractivity (Wildman–Crippen MR) is 75.4 cm³/mol. The molecule has 0 spiro atoms. The molecule has 0 aliphatic heterocycles. The molecule has 0 saturated carbocycles. The van der Waals surface area contributed by atoms with E-state index in [-0.39, 0.29) is 5.75 Å². The number of methoxy groups -OCH3 is 1. The van der Waals surface area contributed by atoms with Crippen molar-refractivity contribution >= 4 is 23.2 Å². The van der Waals surface area contributed by atoms with Crippen LogP contribution in [0.1, 0.15) is 17.2 Å². The lowest BCUT2D eigenvalue weighted by Crippen LogP contribution is -2.14. The van der Waals surface area contributed by atoms with E-state index in [0.29, 0.717) is 21.2 Å². The molecule has 2 aromatic rings. The van der Waals surface area contributed by atoms with Gasteiger partial charge in [0.05, 0.1) is 13.2 Å². The zero-order valence-corrected chi connectivity index (χ0v) is 11.7. The van der Waals surface area contributed by atoms with E-state index in [1.807, 2.05) is 0 Å². The topological polar surface area (TPSA) is 35.2 Å². The van der Waals surface area contributed by atoms with Crippen LogP contribution in [0, 0.1) is 5.82 Å². The summed E-state index contributed by atoms with van der Waals surface area (Å²) in [5.74, 6) is -0.348. The van der Waals surface area contributed by atoms with E-state index >= 15 is 0 Å². The molecule has 0 aliphatic rings. The quantitative estimate of drug-likeness (QED) is 0.922. The summed E-state index contributed by atoms with van der Waals surface area (Å²) in [4.78, 5) is 0. The van der Waals surface area contributed by atoms with Crippen molar-refractivity contribution in [3.63, 3.8) is 0 Å². The Balaban J connectivity index is 2.50. The largest absolute Gasteiger partial charge is 0.494 e. The van der Waals surface area contributed by atoms with Gasteiger partial charge in [0.2, 0.25) is 0 Å². The Hall–Kier alpha value is -1.29. The number of benzene rings is 2. The molecule has 2 nitrogen and oxygen atoms in total. The molecule has 1 atom stereocenters. The molecule has 5 heteroatoms. The average molecular weight is 300 g/mol. The minimum absolute atomic E-state index is 0.145. The van der Waals surface area contributed by atoms with Gasteiger partial charge in [0.1, 0.15) is 0 Å². The van der Waals surface area contributed by atoms with Crippen LogP contribution >= 0.6 is 23.2 Å².